The van der Waals surface area contributed by atoms with E-state index < -0.39 is 0 Å². The van der Waals surface area contributed by atoms with Crippen LogP contribution in [0.25, 0.3) is 0 Å². The fourth-order valence-corrected chi connectivity index (χ4v) is 3.92. The molecule has 1 rings (SSSR count). The highest BCUT2D eigenvalue weighted by molar-refractivity contribution is 8.76. The van der Waals surface area contributed by atoms with Gasteiger partial charge in [-0.2, -0.15) is 0 Å². The van der Waals surface area contributed by atoms with Gasteiger partial charge in [-0.1, -0.05) is 42.4 Å². The van der Waals surface area contributed by atoms with E-state index in [0.717, 1.165) is 11.5 Å². The molecule has 1 atom stereocenters. The Labute approximate surface area is 152 Å². The van der Waals surface area contributed by atoms with Crippen LogP contribution in [0.5, 0.6) is 0 Å². The maximum absolute atomic E-state index is 11.7. The molecule has 1 heterocycles. The van der Waals surface area contributed by atoms with Crippen LogP contribution in [-0.2, 0) is 19.2 Å². The van der Waals surface area contributed by atoms with Gasteiger partial charge in [0.05, 0.1) is 0 Å². The van der Waals surface area contributed by atoms with Gasteiger partial charge in [-0.15, -0.1) is 0 Å². The average molecular weight is 377 g/mol. The van der Waals surface area contributed by atoms with Gasteiger partial charge in [-0.05, 0) is 6.92 Å². The Morgan fingerprint density at radius 3 is 2.33 bits per heavy atom. The molecule has 1 aliphatic heterocycles. The number of ketones is 1. The molecule has 8 heteroatoms. The van der Waals surface area contributed by atoms with Gasteiger partial charge in [0.2, 0.25) is 17.7 Å². The van der Waals surface area contributed by atoms with Crippen LogP contribution in [0.3, 0.4) is 0 Å². The van der Waals surface area contributed by atoms with E-state index in [0.29, 0.717) is 13.0 Å². The number of likely N-dealkylation sites (tertiary alicyclic amines) is 1. The Morgan fingerprint density at radius 2 is 1.79 bits per heavy atom. The first-order chi connectivity index (χ1) is 11.4. The van der Waals surface area contributed by atoms with Crippen LogP contribution in [0, 0.1) is 5.92 Å². The summed E-state index contributed by atoms with van der Waals surface area (Å²) in [4.78, 5) is 46.8. The molecule has 1 N–H and O–H groups in total. The normalized spacial score (nSPS) is 16.7. The third-order valence-corrected chi connectivity index (χ3v) is 5.57. The highest BCUT2D eigenvalue weighted by Crippen LogP contribution is 2.21. The smallest absolute Gasteiger partial charge is 0.232 e. The van der Waals surface area contributed by atoms with Gasteiger partial charge >= 0.3 is 0 Å². The summed E-state index contributed by atoms with van der Waals surface area (Å²) in [6.07, 6.45) is 0.960. The molecule has 0 aromatic carbocycles. The lowest BCUT2D eigenvalue weighted by Gasteiger charge is -2.13. The minimum absolute atomic E-state index is 0.145. The molecule has 1 aliphatic rings. The second-order valence-electron chi connectivity index (χ2n) is 5.18. The van der Waals surface area contributed by atoms with Crippen LogP contribution in [0.2, 0.25) is 0 Å². The lowest BCUT2D eigenvalue weighted by Crippen LogP contribution is -2.35. The predicted molar refractivity (Wildman–Crippen MR) is 99.7 cm³/mol. The van der Waals surface area contributed by atoms with Gasteiger partial charge in [-0.25, -0.2) is 0 Å². The Hall–Kier alpha value is -1.02. The number of imide groups is 1. The molecule has 0 aromatic rings. The minimum atomic E-state index is -0.265. The zero-order valence-corrected chi connectivity index (χ0v) is 16.6. The van der Waals surface area contributed by atoms with Crippen molar-refractivity contribution < 1.29 is 19.2 Å². The van der Waals surface area contributed by atoms with Gasteiger partial charge in [-0.3, -0.25) is 24.1 Å². The van der Waals surface area contributed by atoms with Crippen molar-refractivity contribution in [3.05, 3.63) is 0 Å². The molecular formula is C16H28N2O4S2. The van der Waals surface area contributed by atoms with E-state index in [9.17, 15) is 19.2 Å². The van der Waals surface area contributed by atoms with Crippen LogP contribution in [0.15, 0.2) is 0 Å². The molecule has 1 fully saturated rings. The molecule has 1 saturated heterocycles. The molecule has 24 heavy (non-hydrogen) atoms. The summed E-state index contributed by atoms with van der Waals surface area (Å²) in [5.41, 5.74) is 0. The third kappa shape index (κ3) is 9.32. The number of carbonyl (C=O) groups is 4. The number of nitrogens with zero attached hydrogens (tertiary/aromatic N) is 1. The first kappa shape index (κ1) is 23.0. The Kier molecular flexibility index (Phi) is 12.7. The molecule has 3 amide bonds. The summed E-state index contributed by atoms with van der Waals surface area (Å²) in [5.74, 6) is 0.922. The molecule has 0 spiro atoms. The van der Waals surface area contributed by atoms with E-state index in [1.165, 1.54) is 4.90 Å². The molecule has 6 nitrogen and oxygen atoms in total. The first-order valence-electron chi connectivity index (χ1n) is 8.26. The zero-order valence-electron chi connectivity index (χ0n) is 14.9. The lowest BCUT2D eigenvalue weighted by molar-refractivity contribution is -0.139. The van der Waals surface area contributed by atoms with Crippen molar-refractivity contribution in [1.82, 2.24) is 10.2 Å². The van der Waals surface area contributed by atoms with Crippen molar-refractivity contribution in [2.24, 2.45) is 5.92 Å². The molecule has 0 bridgehead atoms. The standard InChI is InChI=1S/C14H22N2O4S2.C2H6/c1-10-9-13(19)16(14(10)20)6-3-12(18)15-5-8-22-21-7-4-11(2)17;1-2/h10H,3-9H2,1-2H3,(H,15,18);1-2H3. The summed E-state index contributed by atoms with van der Waals surface area (Å²) in [6.45, 7) is 7.99. The Bertz CT molecular complexity index is 444. The summed E-state index contributed by atoms with van der Waals surface area (Å²) in [6, 6.07) is 0. The largest absolute Gasteiger partial charge is 0.355 e. The van der Waals surface area contributed by atoms with Gasteiger partial charge in [0, 0.05) is 49.8 Å². The topological polar surface area (TPSA) is 83.6 Å². The summed E-state index contributed by atoms with van der Waals surface area (Å²) in [5, 5.41) is 2.76. The number of hydrogen-bond acceptors (Lipinski definition) is 6. The van der Waals surface area contributed by atoms with E-state index in [1.54, 1.807) is 35.4 Å². The molecule has 1 unspecified atom stereocenters. The summed E-state index contributed by atoms with van der Waals surface area (Å²) < 4.78 is 0. The van der Waals surface area contributed by atoms with Crippen molar-refractivity contribution in [2.45, 2.75) is 47.0 Å². The van der Waals surface area contributed by atoms with Gasteiger partial charge in [0.25, 0.3) is 0 Å². The Morgan fingerprint density at radius 1 is 1.17 bits per heavy atom. The fourth-order valence-electron chi connectivity index (χ4n) is 1.92. The molecular weight excluding hydrogens is 348 g/mol. The number of nitrogens with one attached hydrogen (secondary N) is 1. The monoisotopic (exact) mass is 376 g/mol. The first-order valence-corrected chi connectivity index (χ1v) is 10.8. The van der Waals surface area contributed by atoms with Crippen LogP contribution in [-0.4, -0.2) is 53.0 Å². The second-order valence-corrected chi connectivity index (χ2v) is 7.89. The summed E-state index contributed by atoms with van der Waals surface area (Å²) >= 11 is 0. The van der Waals surface area contributed by atoms with Crippen molar-refractivity contribution in [2.75, 3.05) is 24.6 Å². The molecule has 0 saturated carbocycles. The van der Waals surface area contributed by atoms with Crippen molar-refractivity contribution in [1.29, 1.82) is 0 Å². The highest BCUT2D eigenvalue weighted by atomic mass is 33.1. The van der Waals surface area contributed by atoms with Gasteiger partial charge in [0.15, 0.2) is 0 Å². The van der Waals surface area contributed by atoms with E-state index in [4.69, 9.17) is 0 Å². The number of hydrogen-bond donors (Lipinski definition) is 1. The maximum atomic E-state index is 11.7. The third-order valence-electron chi connectivity index (χ3n) is 3.16. The average Bonchev–Trinajstić information content (AvgIpc) is 2.79. The van der Waals surface area contributed by atoms with Crippen LogP contribution >= 0.6 is 21.6 Å². The minimum Gasteiger partial charge on any atom is -0.355 e. The quantitative estimate of drug-likeness (QED) is 0.358. The van der Waals surface area contributed by atoms with Crippen LogP contribution in [0.1, 0.15) is 47.0 Å². The van der Waals surface area contributed by atoms with Crippen molar-refractivity contribution in [3.8, 4) is 0 Å². The zero-order chi connectivity index (χ0) is 18.5. The number of Topliss-reactive ketones (excluding diaryl/α,β-unsaturated/α-hetero) is 1. The van der Waals surface area contributed by atoms with Crippen molar-refractivity contribution >= 4 is 45.1 Å². The molecule has 0 aromatic heterocycles. The van der Waals surface area contributed by atoms with E-state index in [2.05, 4.69) is 5.32 Å². The van der Waals surface area contributed by atoms with Gasteiger partial charge < -0.3 is 5.32 Å². The maximum Gasteiger partial charge on any atom is 0.232 e. The Balaban J connectivity index is 0.00000254. The number of carbonyl (C=O) groups excluding carboxylic acids is 4. The number of amides is 3. The predicted octanol–water partition coefficient (Wildman–Crippen LogP) is 2.27. The second kappa shape index (κ2) is 13.3. The van der Waals surface area contributed by atoms with Crippen LogP contribution in [0.4, 0.5) is 0 Å². The van der Waals surface area contributed by atoms with Crippen LogP contribution < -0.4 is 5.32 Å². The fraction of sp³-hybridized carbons (Fsp3) is 0.750. The molecule has 0 aliphatic carbocycles. The molecule has 0 radical (unpaired) electrons. The lowest BCUT2D eigenvalue weighted by atomic mass is 10.1. The van der Waals surface area contributed by atoms with E-state index in [-0.39, 0.29) is 48.8 Å². The SMILES string of the molecule is CC.CC(=O)CCSSCCNC(=O)CCN1C(=O)CC(C)C1=O. The van der Waals surface area contributed by atoms with E-state index >= 15 is 0 Å². The number of rotatable bonds is 10. The van der Waals surface area contributed by atoms with Gasteiger partial charge in [0.1, 0.15) is 5.78 Å². The molecule has 138 valence electrons. The summed E-state index contributed by atoms with van der Waals surface area (Å²) in [7, 11) is 3.23. The highest BCUT2D eigenvalue weighted by Gasteiger charge is 2.35. The van der Waals surface area contributed by atoms with E-state index in [1.807, 2.05) is 13.8 Å². The van der Waals surface area contributed by atoms with Crippen molar-refractivity contribution in [3.63, 3.8) is 0 Å².